The quantitative estimate of drug-likeness (QED) is 0.128. The highest BCUT2D eigenvalue weighted by molar-refractivity contribution is 5.98. The van der Waals surface area contributed by atoms with Crippen molar-refractivity contribution >= 4 is 29.5 Å². The number of hydrogen-bond donors (Lipinski definition) is 5. The Bertz CT molecular complexity index is 1350. The van der Waals surface area contributed by atoms with Crippen LogP contribution in [0.2, 0.25) is 0 Å². The number of carbonyl (C=O) groups excluding carboxylic acids is 5. The van der Waals surface area contributed by atoms with Gasteiger partial charge in [0.05, 0.1) is 12.1 Å². The first-order valence-corrected chi connectivity index (χ1v) is 15.7. The largest absolute Gasteiger partial charge is 0.491 e. The lowest BCUT2D eigenvalue weighted by molar-refractivity contribution is -0.147. The number of benzene rings is 2. The zero-order chi connectivity index (χ0) is 34.3. The van der Waals surface area contributed by atoms with Gasteiger partial charge in [0.25, 0.3) is 11.8 Å². The highest BCUT2D eigenvalue weighted by atomic mass is 19.1. The van der Waals surface area contributed by atoms with E-state index in [9.17, 15) is 32.8 Å². The van der Waals surface area contributed by atoms with Crippen LogP contribution in [0, 0.1) is 17.6 Å². The van der Waals surface area contributed by atoms with Crippen molar-refractivity contribution in [2.75, 3.05) is 19.6 Å². The van der Waals surface area contributed by atoms with Crippen molar-refractivity contribution in [3.8, 4) is 5.75 Å². The molecule has 0 aromatic heterocycles. The van der Waals surface area contributed by atoms with Crippen molar-refractivity contribution in [2.24, 2.45) is 5.92 Å². The first-order chi connectivity index (χ1) is 22.5. The molecule has 0 bridgehead atoms. The van der Waals surface area contributed by atoms with Gasteiger partial charge in [-0.05, 0) is 75.8 Å². The highest BCUT2D eigenvalue weighted by Crippen LogP contribution is 2.18. The Morgan fingerprint density at radius 2 is 1.70 bits per heavy atom. The van der Waals surface area contributed by atoms with E-state index >= 15 is 0 Å². The van der Waals surface area contributed by atoms with Gasteiger partial charge in [0, 0.05) is 37.6 Å². The van der Waals surface area contributed by atoms with E-state index in [1.807, 2.05) is 44.2 Å². The number of hydrogen-bond acceptors (Lipinski definition) is 8. The molecule has 5 amide bonds. The van der Waals surface area contributed by atoms with Gasteiger partial charge in [-0.15, -0.1) is 0 Å². The molecule has 2 aromatic rings. The van der Waals surface area contributed by atoms with E-state index < -0.39 is 41.4 Å². The van der Waals surface area contributed by atoms with Crippen LogP contribution in [-0.4, -0.2) is 77.5 Å². The van der Waals surface area contributed by atoms with Crippen molar-refractivity contribution in [2.45, 2.75) is 77.0 Å². The first-order valence-electron chi connectivity index (χ1n) is 15.7. The molecule has 0 spiro atoms. The molecule has 14 heteroatoms. The minimum absolute atomic E-state index is 0.0504. The van der Waals surface area contributed by atoms with Gasteiger partial charge < -0.3 is 20.7 Å². The summed E-state index contributed by atoms with van der Waals surface area (Å²) in [6.07, 6.45) is 1.80. The molecule has 3 rings (SSSR count). The van der Waals surface area contributed by atoms with E-state index in [0.29, 0.717) is 31.2 Å². The molecule has 1 fully saturated rings. The second-order valence-corrected chi connectivity index (χ2v) is 11.7. The van der Waals surface area contributed by atoms with Crippen LogP contribution in [0.4, 0.5) is 8.78 Å². The number of nitrogens with one attached hydrogen (secondary N) is 4. The lowest BCUT2D eigenvalue weighted by Crippen LogP contribution is -2.49. The minimum Gasteiger partial charge on any atom is -0.491 e. The molecule has 2 aromatic carbocycles. The van der Waals surface area contributed by atoms with Crippen molar-refractivity contribution in [3.63, 3.8) is 0 Å². The number of amides is 5. The molecular formula is C33H43F2N5O7. The van der Waals surface area contributed by atoms with Crippen LogP contribution in [-0.2, 0) is 19.2 Å². The maximum Gasteiger partial charge on any atom is 0.265 e. The normalized spacial score (nSPS) is 16.0. The van der Waals surface area contributed by atoms with Crippen LogP contribution in [0.1, 0.15) is 69.2 Å². The summed E-state index contributed by atoms with van der Waals surface area (Å²) in [5, 5.41) is 17.2. The molecule has 1 saturated heterocycles. The summed E-state index contributed by atoms with van der Waals surface area (Å²) >= 11 is 0. The number of para-hydroxylation sites is 1. The Labute approximate surface area is 272 Å². The number of rotatable bonds is 17. The molecule has 12 nitrogen and oxygen atoms in total. The van der Waals surface area contributed by atoms with Crippen molar-refractivity contribution in [3.05, 3.63) is 65.7 Å². The summed E-state index contributed by atoms with van der Waals surface area (Å²) in [6, 6.07) is 9.89. The van der Waals surface area contributed by atoms with Gasteiger partial charge in [0.2, 0.25) is 17.7 Å². The first kappa shape index (κ1) is 37.0. The molecule has 0 aliphatic carbocycles. The van der Waals surface area contributed by atoms with Crippen LogP contribution in [0.25, 0.3) is 0 Å². The fourth-order valence-electron chi connectivity index (χ4n) is 5.16. The predicted octanol–water partition coefficient (Wildman–Crippen LogP) is 2.85. The van der Waals surface area contributed by atoms with Gasteiger partial charge >= 0.3 is 0 Å². The maximum atomic E-state index is 13.4. The molecule has 0 saturated carbocycles. The number of imide groups is 1. The fourth-order valence-corrected chi connectivity index (χ4v) is 5.16. The molecule has 4 atom stereocenters. The number of hydroxylamine groups is 1. The van der Waals surface area contributed by atoms with Gasteiger partial charge in [-0.3, -0.25) is 34.1 Å². The van der Waals surface area contributed by atoms with Crippen LogP contribution < -0.4 is 26.2 Å². The average molecular weight is 660 g/mol. The van der Waals surface area contributed by atoms with Crippen LogP contribution in [0.5, 0.6) is 5.75 Å². The minimum atomic E-state index is -1.22. The van der Waals surface area contributed by atoms with Gasteiger partial charge in [0.15, 0.2) is 0 Å². The molecule has 1 aliphatic rings. The maximum absolute atomic E-state index is 13.4. The third-order valence-corrected chi connectivity index (χ3v) is 7.73. The summed E-state index contributed by atoms with van der Waals surface area (Å²) in [5.74, 6) is -4.29. The highest BCUT2D eigenvalue weighted by Gasteiger charge is 2.32. The topological polar surface area (TPSA) is 166 Å². The summed E-state index contributed by atoms with van der Waals surface area (Å²) in [6.45, 7) is 4.30. The van der Waals surface area contributed by atoms with E-state index in [-0.39, 0.29) is 68.2 Å². The number of ether oxygens (including phenoxy) is 1. The van der Waals surface area contributed by atoms with E-state index in [4.69, 9.17) is 9.94 Å². The molecule has 1 heterocycles. The van der Waals surface area contributed by atoms with Gasteiger partial charge in [-0.1, -0.05) is 25.1 Å². The number of carbonyl (C=O) groups is 5. The zero-order valence-electron chi connectivity index (χ0n) is 26.6. The smallest absolute Gasteiger partial charge is 0.265 e. The van der Waals surface area contributed by atoms with E-state index in [0.717, 1.165) is 18.6 Å². The molecule has 1 aliphatic heterocycles. The average Bonchev–Trinajstić information content (AvgIpc) is 3.59. The van der Waals surface area contributed by atoms with Crippen molar-refractivity contribution < 1.29 is 42.7 Å². The van der Waals surface area contributed by atoms with Gasteiger partial charge in [0.1, 0.15) is 23.4 Å². The lowest BCUT2D eigenvalue weighted by atomic mass is 10.0. The summed E-state index contributed by atoms with van der Waals surface area (Å²) in [7, 11) is 0. The summed E-state index contributed by atoms with van der Waals surface area (Å²) in [4.78, 5) is 65.0. The monoisotopic (exact) mass is 659 g/mol. The van der Waals surface area contributed by atoms with Crippen molar-refractivity contribution in [1.82, 2.24) is 26.3 Å². The van der Waals surface area contributed by atoms with E-state index in [1.54, 1.807) is 0 Å². The van der Waals surface area contributed by atoms with Crippen LogP contribution >= 0.6 is 0 Å². The molecular weight excluding hydrogens is 616 g/mol. The standard InChI is InChI=1S/C33H43F2N5O7/c1-21(10-12-29(41)38-27(32(44)39-46)14-16-37-31(43)23-17-24(34)19-25(35)18-23)20-40(33(45)28-9-6-15-36-28)30(42)13-11-22(2)47-26-7-4-3-5-8-26/h3-5,7-8,17-19,21-22,27-28,36,46H,6,9-16,20H2,1-2H3,(H,37,43)(H,38,41)(H,39,44)/t21-,22-,27-,28?/m0/s1. The van der Waals surface area contributed by atoms with E-state index in [2.05, 4.69) is 16.0 Å². The molecule has 47 heavy (non-hydrogen) atoms. The van der Waals surface area contributed by atoms with Crippen LogP contribution in [0.3, 0.4) is 0 Å². The Balaban J connectivity index is 1.51. The molecule has 1 unspecified atom stereocenters. The van der Waals surface area contributed by atoms with Crippen LogP contribution in [0.15, 0.2) is 48.5 Å². The molecule has 256 valence electrons. The Morgan fingerprint density at radius 3 is 2.34 bits per heavy atom. The fraction of sp³-hybridized carbons (Fsp3) is 0.485. The molecule has 5 N–H and O–H groups in total. The van der Waals surface area contributed by atoms with Gasteiger partial charge in [-0.2, -0.15) is 0 Å². The van der Waals surface area contributed by atoms with E-state index in [1.165, 1.54) is 10.4 Å². The third kappa shape index (κ3) is 12.4. The second kappa shape index (κ2) is 18.6. The second-order valence-electron chi connectivity index (χ2n) is 11.7. The number of halogens is 2. The lowest BCUT2D eigenvalue weighted by Gasteiger charge is -2.27. The summed E-state index contributed by atoms with van der Waals surface area (Å²) in [5.41, 5.74) is 1.21. The predicted molar refractivity (Wildman–Crippen MR) is 167 cm³/mol. The van der Waals surface area contributed by atoms with Crippen molar-refractivity contribution in [1.29, 1.82) is 0 Å². The summed E-state index contributed by atoms with van der Waals surface area (Å²) < 4.78 is 32.7. The third-order valence-electron chi connectivity index (χ3n) is 7.73. The Hall–Kier alpha value is -4.43. The molecule has 0 radical (unpaired) electrons. The zero-order valence-corrected chi connectivity index (χ0v) is 26.6. The number of nitrogens with zero attached hydrogens (tertiary/aromatic N) is 1. The Kier molecular flexibility index (Phi) is 14.7. The SMILES string of the molecule is C[C@@H](CCC(=O)N[C@@H](CCNC(=O)c1cc(F)cc(F)c1)C(=O)NO)CN(C(=O)CC[C@H](C)Oc1ccccc1)C(=O)C1CCCN1. The van der Waals surface area contributed by atoms with Gasteiger partial charge in [-0.25, -0.2) is 14.3 Å². The Morgan fingerprint density at radius 1 is 1.00 bits per heavy atom.